The molecule has 1 unspecified atom stereocenters. The van der Waals surface area contributed by atoms with Crippen molar-refractivity contribution in [2.75, 3.05) is 19.8 Å². The molecule has 0 saturated carbocycles. The van der Waals surface area contributed by atoms with Gasteiger partial charge in [-0.05, 0) is 26.3 Å². The van der Waals surface area contributed by atoms with E-state index < -0.39 is 17.7 Å². The van der Waals surface area contributed by atoms with E-state index in [4.69, 9.17) is 9.47 Å². The van der Waals surface area contributed by atoms with Gasteiger partial charge in [-0.25, -0.2) is 4.79 Å². The normalized spacial score (nSPS) is 18.9. The highest BCUT2D eigenvalue weighted by Gasteiger charge is 2.35. The maximum absolute atomic E-state index is 12.5. The Kier molecular flexibility index (Phi) is 5.19. The molecule has 1 aliphatic heterocycles. The standard InChI is InChI=1S/C17H23NO4/c1-17(2,3)22-16(20)18-9-10-21-12-14(18)15(19)11-13-7-5-4-6-8-13/h4-8,14H,9-12H2,1-3H3. The van der Waals surface area contributed by atoms with Crippen LogP contribution in [0.25, 0.3) is 0 Å². The third-order valence-corrected chi connectivity index (χ3v) is 3.35. The molecule has 1 amide bonds. The smallest absolute Gasteiger partial charge is 0.411 e. The first-order valence-corrected chi connectivity index (χ1v) is 7.51. The number of Topliss-reactive ketones (excluding diaryl/α,β-unsaturated/α-hetero) is 1. The average molecular weight is 305 g/mol. The van der Waals surface area contributed by atoms with Crippen LogP contribution in [0.5, 0.6) is 0 Å². The quantitative estimate of drug-likeness (QED) is 0.860. The summed E-state index contributed by atoms with van der Waals surface area (Å²) in [4.78, 5) is 26.3. The Labute approximate surface area is 131 Å². The molecule has 0 radical (unpaired) electrons. The predicted octanol–water partition coefficient (Wildman–Crippen LogP) is 2.43. The van der Waals surface area contributed by atoms with Gasteiger partial charge in [-0.2, -0.15) is 0 Å². The molecule has 5 nitrogen and oxygen atoms in total. The van der Waals surface area contributed by atoms with Gasteiger partial charge in [0.15, 0.2) is 5.78 Å². The Morgan fingerprint density at radius 2 is 1.95 bits per heavy atom. The van der Waals surface area contributed by atoms with E-state index in [1.807, 2.05) is 51.1 Å². The summed E-state index contributed by atoms with van der Waals surface area (Å²) in [5, 5.41) is 0. The third-order valence-electron chi connectivity index (χ3n) is 3.35. The molecule has 1 atom stereocenters. The van der Waals surface area contributed by atoms with Crippen molar-refractivity contribution in [1.29, 1.82) is 0 Å². The number of morpholine rings is 1. The molecular formula is C17H23NO4. The Morgan fingerprint density at radius 1 is 1.27 bits per heavy atom. The van der Waals surface area contributed by atoms with E-state index in [1.165, 1.54) is 4.90 Å². The maximum Gasteiger partial charge on any atom is 0.411 e. The van der Waals surface area contributed by atoms with Crippen LogP contribution in [0.4, 0.5) is 4.79 Å². The van der Waals surface area contributed by atoms with Gasteiger partial charge in [0.2, 0.25) is 0 Å². The van der Waals surface area contributed by atoms with Crippen molar-refractivity contribution in [2.24, 2.45) is 0 Å². The largest absolute Gasteiger partial charge is 0.444 e. The zero-order valence-corrected chi connectivity index (χ0v) is 13.4. The van der Waals surface area contributed by atoms with Crippen LogP contribution in [-0.4, -0.2) is 48.2 Å². The van der Waals surface area contributed by atoms with Gasteiger partial charge in [0.25, 0.3) is 0 Å². The summed E-state index contributed by atoms with van der Waals surface area (Å²) < 4.78 is 10.8. The van der Waals surface area contributed by atoms with Crippen molar-refractivity contribution in [3.05, 3.63) is 35.9 Å². The number of nitrogens with zero attached hydrogens (tertiary/aromatic N) is 1. The fourth-order valence-corrected chi connectivity index (χ4v) is 2.32. The van der Waals surface area contributed by atoms with Crippen molar-refractivity contribution in [3.63, 3.8) is 0 Å². The molecule has 1 aliphatic rings. The van der Waals surface area contributed by atoms with Crippen molar-refractivity contribution in [2.45, 2.75) is 38.8 Å². The molecule has 2 rings (SSSR count). The van der Waals surface area contributed by atoms with Gasteiger partial charge >= 0.3 is 6.09 Å². The maximum atomic E-state index is 12.5. The Hall–Kier alpha value is -1.88. The van der Waals surface area contributed by atoms with Gasteiger partial charge < -0.3 is 9.47 Å². The van der Waals surface area contributed by atoms with Crippen molar-refractivity contribution in [3.8, 4) is 0 Å². The van der Waals surface area contributed by atoms with E-state index in [-0.39, 0.29) is 18.8 Å². The fraction of sp³-hybridized carbons (Fsp3) is 0.529. The van der Waals surface area contributed by atoms with Crippen LogP contribution in [0.15, 0.2) is 30.3 Å². The second-order valence-electron chi connectivity index (χ2n) is 6.39. The van der Waals surface area contributed by atoms with Gasteiger partial charge in [-0.15, -0.1) is 0 Å². The van der Waals surface area contributed by atoms with Crippen molar-refractivity contribution >= 4 is 11.9 Å². The Morgan fingerprint density at radius 3 is 2.59 bits per heavy atom. The number of benzene rings is 1. The van der Waals surface area contributed by atoms with Gasteiger partial charge in [-0.3, -0.25) is 9.69 Å². The third kappa shape index (κ3) is 4.56. The lowest BCUT2D eigenvalue weighted by atomic mass is 10.0. The van der Waals surface area contributed by atoms with Crippen LogP contribution in [0, 0.1) is 0 Å². The molecule has 0 bridgehead atoms. The first kappa shape index (κ1) is 16.5. The predicted molar refractivity (Wildman–Crippen MR) is 82.7 cm³/mol. The number of amides is 1. The average Bonchev–Trinajstić information content (AvgIpc) is 2.46. The van der Waals surface area contributed by atoms with E-state index >= 15 is 0 Å². The molecule has 0 spiro atoms. The van der Waals surface area contributed by atoms with Crippen LogP contribution < -0.4 is 0 Å². The highest BCUT2D eigenvalue weighted by Crippen LogP contribution is 2.16. The zero-order valence-electron chi connectivity index (χ0n) is 13.4. The molecule has 1 fully saturated rings. The summed E-state index contributed by atoms with van der Waals surface area (Å²) in [7, 11) is 0. The summed E-state index contributed by atoms with van der Waals surface area (Å²) in [5.41, 5.74) is 0.352. The molecule has 1 heterocycles. The van der Waals surface area contributed by atoms with Crippen molar-refractivity contribution < 1.29 is 19.1 Å². The highest BCUT2D eigenvalue weighted by molar-refractivity contribution is 5.89. The summed E-state index contributed by atoms with van der Waals surface area (Å²) in [6.07, 6.45) is -0.170. The van der Waals surface area contributed by atoms with Crippen LogP contribution in [0.1, 0.15) is 26.3 Å². The number of carbonyl (C=O) groups excluding carboxylic acids is 2. The monoisotopic (exact) mass is 305 g/mol. The van der Waals surface area contributed by atoms with Crippen LogP contribution in [0.3, 0.4) is 0 Å². The minimum absolute atomic E-state index is 0.0308. The fourth-order valence-electron chi connectivity index (χ4n) is 2.32. The lowest BCUT2D eigenvalue weighted by molar-refractivity contribution is -0.129. The Bertz CT molecular complexity index is 521. The Balaban J connectivity index is 2.05. The number of ether oxygens (including phenoxy) is 2. The van der Waals surface area contributed by atoms with E-state index in [1.54, 1.807) is 0 Å². The second-order valence-corrected chi connectivity index (χ2v) is 6.39. The van der Waals surface area contributed by atoms with Crippen LogP contribution >= 0.6 is 0 Å². The molecule has 1 aromatic carbocycles. The van der Waals surface area contributed by atoms with Crippen molar-refractivity contribution in [1.82, 2.24) is 4.90 Å². The number of carbonyl (C=O) groups is 2. The first-order chi connectivity index (χ1) is 10.4. The van der Waals surface area contributed by atoms with E-state index in [0.29, 0.717) is 13.2 Å². The van der Waals surface area contributed by atoms with Crippen LogP contribution in [0.2, 0.25) is 0 Å². The summed E-state index contributed by atoms with van der Waals surface area (Å²) in [6, 6.07) is 8.92. The highest BCUT2D eigenvalue weighted by atomic mass is 16.6. The summed E-state index contributed by atoms with van der Waals surface area (Å²) in [6.45, 7) is 6.46. The number of hydrogen-bond acceptors (Lipinski definition) is 4. The number of ketones is 1. The number of rotatable bonds is 3. The van der Waals surface area contributed by atoms with Gasteiger partial charge in [-0.1, -0.05) is 30.3 Å². The van der Waals surface area contributed by atoms with Gasteiger partial charge in [0.1, 0.15) is 11.6 Å². The topological polar surface area (TPSA) is 55.8 Å². The minimum Gasteiger partial charge on any atom is -0.444 e. The molecule has 0 aliphatic carbocycles. The zero-order chi connectivity index (χ0) is 16.2. The molecule has 1 aromatic rings. The van der Waals surface area contributed by atoms with Gasteiger partial charge in [0, 0.05) is 13.0 Å². The SMILES string of the molecule is CC(C)(C)OC(=O)N1CCOCC1C(=O)Cc1ccccc1. The molecule has 22 heavy (non-hydrogen) atoms. The van der Waals surface area contributed by atoms with E-state index in [0.717, 1.165) is 5.56 Å². The summed E-state index contributed by atoms with van der Waals surface area (Å²) in [5.74, 6) is -0.0308. The minimum atomic E-state index is -0.581. The first-order valence-electron chi connectivity index (χ1n) is 7.51. The molecule has 120 valence electrons. The number of hydrogen-bond donors (Lipinski definition) is 0. The molecular weight excluding hydrogens is 282 g/mol. The second kappa shape index (κ2) is 6.92. The molecule has 0 aromatic heterocycles. The molecule has 5 heteroatoms. The lowest BCUT2D eigenvalue weighted by Gasteiger charge is -2.35. The van der Waals surface area contributed by atoms with Gasteiger partial charge in [0.05, 0.1) is 13.2 Å². The summed E-state index contributed by atoms with van der Waals surface area (Å²) >= 11 is 0. The van der Waals surface area contributed by atoms with Crippen LogP contribution in [-0.2, 0) is 20.7 Å². The van der Waals surface area contributed by atoms with E-state index in [2.05, 4.69) is 0 Å². The lowest BCUT2D eigenvalue weighted by Crippen LogP contribution is -2.54. The molecule has 0 N–H and O–H groups in total. The van der Waals surface area contributed by atoms with E-state index in [9.17, 15) is 9.59 Å². The molecule has 1 saturated heterocycles.